The fourth-order valence-electron chi connectivity index (χ4n) is 4.66. The Balaban J connectivity index is 0.00000400. The van der Waals surface area contributed by atoms with Gasteiger partial charge in [0.2, 0.25) is 15.9 Å². The van der Waals surface area contributed by atoms with E-state index in [1.54, 1.807) is 24.3 Å². The Hall–Kier alpha value is -3.07. The summed E-state index contributed by atoms with van der Waals surface area (Å²) < 4.78 is 31.0. The zero-order valence-electron chi connectivity index (χ0n) is 21.9. The highest BCUT2D eigenvalue weighted by Crippen LogP contribution is 2.25. The second kappa shape index (κ2) is 13.6. The first kappa shape index (κ1) is 29.5. The van der Waals surface area contributed by atoms with Crippen LogP contribution in [0, 0.1) is 0 Å². The number of carbonyl (C=O) groups is 1. The molecule has 0 saturated carbocycles. The standard InChI is InChI=1S/C29H35N3O4S.ClH/c1-3-29(33)32(22-23-7-5-4-6-8-23)26-17-19-31(20-18-26)21-24-9-13-27(14-10-24)36-28-15-11-25(12-16-28)30-37(2,34)35;/h4-16,26,30H,3,17-22H2,1-2H3;1H. The van der Waals surface area contributed by atoms with Crippen molar-refractivity contribution < 1.29 is 17.9 Å². The number of hydrogen-bond acceptors (Lipinski definition) is 5. The van der Waals surface area contributed by atoms with Gasteiger partial charge in [-0.15, -0.1) is 12.4 Å². The summed E-state index contributed by atoms with van der Waals surface area (Å²) >= 11 is 0. The summed E-state index contributed by atoms with van der Waals surface area (Å²) in [6, 6.07) is 25.4. The van der Waals surface area contributed by atoms with E-state index < -0.39 is 10.0 Å². The van der Waals surface area contributed by atoms with Crippen molar-refractivity contribution in [2.45, 2.75) is 45.3 Å². The molecular formula is C29H36ClN3O4S. The van der Waals surface area contributed by atoms with Crippen LogP contribution >= 0.6 is 12.4 Å². The van der Waals surface area contributed by atoms with Gasteiger partial charge < -0.3 is 9.64 Å². The minimum absolute atomic E-state index is 0. The lowest BCUT2D eigenvalue weighted by Crippen LogP contribution is -2.46. The number of piperidine rings is 1. The van der Waals surface area contributed by atoms with Crippen LogP contribution in [-0.4, -0.2) is 49.5 Å². The predicted molar refractivity (Wildman–Crippen MR) is 154 cm³/mol. The first-order chi connectivity index (χ1) is 17.8. The molecule has 0 unspecified atom stereocenters. The molecule has 1 N–H and O–H groups in total. The Morgan fingerprint density at radius 3 is 2.05 bits per heavy atom. The number of anilines is 1. The van der Waals surface area contributed by atoms with E-state index in [4.69, 9.17) is 4.74 Å². The molecule has 1 saturated heterocycles. The second-order valence-corrected chi connectivity index (χ2v) is 11.3. The number of nitrogens with zero attached hydrogens (tertiary/aromatic N) is 2. The molecule has 9 heteroatoms. The van der Waals surface area contributed by atoms with E-state index in [0.717, 1.165) is 44.5 Å². The van der Waals surface area contributed by atoms with Gasteiger partial charge >= 0.3 is 0 Å². The number of ether oxygens (including phenoxy) is 1. The van der Waals surface area contributed by atoms with Crippen molar-refractivity contribution in [2.24, 2.45) is 0 Å². The zero-order chi connectivity index (χ0) is 26.3. The van der Waals surface area contributed by atoms with Gasteiger partial charge in [0.15, 0.2) is 0 Å². The topological polar surface area (TPSA) is 79.0 Å². The summed E-state index contributed by atoms with van der Waals surface area (Å²) in [5.41, 5.74) is 2.89. The second-order valence-electron chi connectivity index (χ2n) is 9.51. The average Bonchev–Trinajstić information content (AvgIpc) is 2.89. The Labute approximate surface area is 232 Å². The molecule has 0 aliphatic carbocycles. The summed E-state index contributed by atoms with van der Waals surface area (Å²) in [7, 11) is -3.30. The lowest BCUT2D eigenvalue weighted by Gasteiger charge is -2.38. The van der Waals surface area contributed by atoms with E-state index in [0.29, 0.717) is 24.4 Å². The maximum atomic E-state index is 12.7. The van der Waals surface area contributed by atoms with Gasteiger partial charge in [-0.1, -0.05) is 49.4 Å². The third-order valence-electron chi connectivity index (χ3n) is 6.54. The Morgan fingerprint density at radius 1 is 0.921 bits per heavy atom. The number of sulfonamides is 1. The number of rotatable bonds is 10. The summed E-state index contributed by atoms with van der Waals surface area (Å²) in [5, 5.41) is 0. The Bertz CT molecular complexity index is 1260. The predicted octanol–water partition coefficient (Wildman–Crippen LogP) is 5.68. The van der Waals surface area contributed by atoms with Crippen LogP contribution in [0.3, 0.4) is 0 Å². The largest absolute Gasteiger partial charge is 0.457 e. The fourth-order valence-corrected chi connectivity index (χ4v) is 5.22. The van der Waals surface area contributed by atoms with Crippen molar-refractivity contribution >= 4 is 34.0 Å². The third kappa shape index (κ3) is 8.75. The van der Waals surface area contributed by atoms with Crippen LogP contribution in [0.25, 0.3) is 0 Å². The number of halogens is 1. The van der Waals surface area contributed by atoms with E-state index in [9.17, 15) is 13.2 Å². The van der Waals surface area contributed by atoms with Crippen LogP contribution in [-0.2, 0) is 27.9 Å². The molecule has 7 nitrogen and oxygen atoms in total. The summed E-state index contributed by atoms with van der Waals surface area (Å²) in [4.78, 5) is 17.2. The molecular weight excluding hydrogens is 522 g/mol. The van der Waals surface area contributed by atoms with Crippen molar-refractivity contribution in [1.29, 1.82) is 0 Å². The molecule has 0 atom stereocenters. The molecule has 1 aliphatic heterocycles. The van der Waals surface area contributed by atoms with Gasteiger partial charge in [0, 0.05) is 44.3 Å². The van der Waals surface area contributed by atoms with Crippen LogP contribution < -0.4 is 9.46 Å². The highest BCUT2D eigenvalue weighted by molar-refractivity contribution is 7.92. The maximum absolute atomic E-state index is 12.7. The highest BCUT2D eigenvalue weighted by atomic mass is 35.5. The minimum Gasteiger partial charge on any atom is -0.457 e. The summed E-state index contributed by atoms with van der Waals surface area (Å²) in [6.45, 7) is 5.39. The first-order valence-electron chi connectivity index (χ1n) is 12.7. The molecule has 0 radical (unpaired) electrons. The van der Waals surface area contributed by atoms with Gasteiger partial charge in [-0.25, -0.2) is 8.42 Å². The van der Waals surface area contributed by atoms with E-state index >= 15 is 0 Å². The molecule has 0 aromatic heterocycles. The normalized spacial score (nSPS) is 14.4. The number of nitrogens with one attached hydrogen (secondary N) is 1. The van der Waals surface area contributed by atoms with Crippen LogP contribution in [0.15, 0.2) is 78.9 Å². The van der Waals surface area contributed by atoms with Crippen molar-refractivity contribution in [3.63, 3.8) is 0 Å². The van der Waals surface area contributed by atoms with Gasteiger partial charge in [-0.05, 0) is 60.4 Å². The quantitative estimate of drug-likeness (QED) is 0.347. The average molecular weight is 558 g/mol. The fraction of sp³-hybridized carbons (Fsp3) is 0.345. The van der Waals surface area contributed by atoms with E-state index in [1.807, 2.05) is 37.3 Å². The molecule has 4 rings (SSSR count). The third-order valence-corrected chi connectivity index (χ3v) is 7.15. The van der Waals surface area contributed by atoms with E-state index in [1.165, 1.54) is 11.1 Å². The van der Waals surface area contributed by atoms with E-state index in [2.05, 4.69) is 38.8 Å². The lowest BCUT2D eigenvalue weighted by molar-refractivity contribution is -0.135. The number of carbonyl (C=O) groups excluding carboxylic acids is 1. The summed E-state index contributed by atoms with van der Waals surface area (Å²) in [5.74, 6) is 1.58. The van der Waals surface area contributed by atoms with Gasteiger partial charge in [-0.3, -0.25) is 14.4 Å². The molecule has 1 amide bonds. The van der Waals surface area contributed by atoms with E-state index in [-0.39, 0.29) is 24.4 Å². The van der Waals surface area contributed by atoms with Crippen molar-refractivity contribution in [2.75, 3.05) is 24.1 Å². The SMILES string of the molecule is CCC(=O)N(Cc1ccccc1)C1CCN(Cc2ccc(Oc3ccc(NS(C)(=O)=O)cc3)cc2)CC1.Cl. The zero-order valence-corrected chi connectivity index (χ0v) is 23.5. The number of benzene rings is 3. The van der Waals surface area contributed by atoms with Gasteiger partial charge in [0.1, 0.15) is 11.5 Å². The first-order valence-corrected chi connectivity index (χ1v) is 14.6. The molecule has 0 bridgehead atoms. The van der Waals surface area contributed by atoms with Gasteiger partial charge in [0.05, 0.1) is 6.26 Å². The molecule has 3 aromatic rings. The van der Waals surface area contributed by atoms with Crippen molar-refractivity contribution in [3.05, 3.63) is 90.0 Å². The highest BCUT2D eigenvalue weighted by Gasteiger charge is 2.27. The van der Waals surface area contributed by atoms with Crippen LogP contribution in [0.4, 0.5) is 5.69 Å². The smallest absolute Gasteiger partial charge is 0.229 e. The van der Waals surface area contributed by atoms with Crippen LogP contribution in [0.5, 0.6) is 11.5 Å². The number of amides is 1. The molecule has 204 valence electrons. The molecule has 0 spiro atoms. The number of likely N-dealkylation sites (tertiary alicyclic amines) is 1. The number of hydrogen-bond donors (Lipinski definition) is 1. The lowest BCUT2D eigenvalue weighted by atomic mass is 10.0. The minimum atomic E-state index is -3.30. The monoisotopic (exact) mass is 557 g/mol. The molecule has 1 fully saturated rings. The molecule has 1 aliphatic rings. The van der Waals surface area contributed by atoms with Crippen LogP contribution in [0.2, 0.25) is 0 Å². The van der Waals surface area contributed by atoms with Gasteiger partial charge in [-0.2, -0.15) is 0 Å². The van der Waals surface area contributed by atoms with Crippen molar-refractivity contribution in [1.82, 2.24) is 9.80 Å². The maximum Gasteiger partial charge on any atom is 0.229 e. The molecule has 38 heavy (non-hydrogen) atoms. The Kier molecular flexibility index (Phi) is 10.6. The van der Waals surface area contributed by atoms with Gasteiger partial charge in [0.25, 0.3) is 0 Å². The molecule has 1 heterocycles. The van der Waals surface area contributed by atoms with Crippen molar-refractivity contribution in [3.8, 4) is 11.5 Å². The molecule has 3 aromatic carbocycles. The van der Waals surface area contributed by atoms with Crippen LogP contribution in [0.1, 0.15) is 37.3 Å². The summed E-state index contributed by atoms with van der Waals surface area (Å²) in [6.07, 6.45) is 3.60. The Morgan fingerprint density at radius 2 is 1.50 bits per heavy atom.